The number of alkyl halides is 3. The van der Waals surface area contributed by atoms with Gasteiger partial charge in [0, 0.05) is 18.2 Å². The highest BCUT2D eigenvalue weighted by Crippen LogP contribution is 2.57. The Bertz CT molecular complexity index is 1230. The third kappa shape index (κ3) is 5.43. The summed E-state index contributed by atoms with van der Waals surface area (Å²) in [5.74, 6) is 1.15. The summed E-state index contributed by atoms with van der Waals surface area (Å²) in [4.78, 5) is 17.5. The maximum absolute atomic E-state index is 13.1. The van der Waals surface area contributed by atoms with Crippen LogP contribution in [0.5, 0.6) is 17.4 Å². The van der Waals surface area contributed by atoms with E-state index in [0.29, 0.717) is 22.2 Å². The monoisotopic (exact) mass is 529 g/mol. The van der Waals surface area contributed by atoms with Gasteiger partial charge in [0.15, 0.2) is 0 Å². The Kier molecular flexibility index (Phi) is 7.04. The van der Waals surface area contributed by atoms with E-state index in [1.165, 1.54) is 36.2 Å². The van der Waals surface area contributed by atoms with E-state index in [0.717, 1.165) is 11.9 Å². The molecular formula is C22H21ClF3N4O4S+. The van der Waals surface area contributed by atoms with E-state index in [9.17, 15) is 18.0 Å². The number of amides is 1. The molecule has 0 bridgehead atoms. The van der Waals surface area contributed by atoms with Crippen LogP contribution in [0.3, 0.4) is 0 Å². The van der Waals surface area contributed by atoms with Crippen LogP contribution in [0.1, 0.15) is 23.2 Å². The van der Waals surface area contributed by atoms with Gasteiger partial charge >= 0.3 is 12.0 Å². The average molecular weight is 530 g/mol. The first-order valence-electron chi connectivity index (χ1n) is 10.3. The molecule has 0 radical (unpaired) electrons. The van der Waals surface area contributed by atoms with Crippen molar-refractivity contribution in [3.63, 3.8) is 0 Å². The second kappa shape index (κ2) is 9.86. The van der Waals surface area contributed by atoms with Crippen LogP contribution < -0.4 is 23.6 Å². The number of aromatic nitrogens is 3. The molecule has 186 valence electrons. The first kappa shape index (κ1) is 25.0. The summed E-state index contributed by atoms with van der Waals surface area (Å²) < 4.78 is 59.1. The number of nitrogens with zero attached hydrogens (tertiary/aromatic N) is 2. The molecule has 2 heterocycles. The Morgan fingerprint density at radius 1 is 1.23 bits per heavy atom. The van der Waals surface area contributed by atoms with Gasteiger partial charge in [-0.3, -0.25) is 9.52 Å². The average Bonchev–Trinajstić information content (AvgIpc) is 3.51. The molecule has 8 nitrogen and oxygen atoms in total. The third-order valence-corrected chi connectivity index (χ3v) is 6.65. The minimum Gasteiger partial charge on any atom is -0.497 e. The predicted octanol–water partition coefficient (Wildman–Crippen LogP) is 4.52. The van der Waals surface area contributed by atoms with Gasteiger partial charge in [0.25, 0.3) is 11.1 Å². The highest BCUT2D eigenvalue weighted by atomic mass is 35.5. The van der Waals surface area contributed by atoms with Crippen molar-refractivity contribution in [3.8, 4) is 23.2 Å². The number of aromatic amines is 1. The van der Waals surface area contributed by atoms with E-state index < -0.39 is 24.1 Å². The van der Waals surface area contributed by atoms with Gasteiger partial charge in [0.1, 0.15) is 35.3 Å². The minimum absolute atomic E-state index is 0.0548. The zero-order valence-electron chi connectivity index (χ0n) is 18.6. The normalized spacial score (nSPS) is 14.3. The summed E-state index contributed by atoms with van der Waals surface area (Å²) in [6.07, 6.45) is -2.65. The van der Waals surface area contributed by atoms with Gasteiger partial charge in [0.05, 0.1) is 19.1 Å². The molecule has 2 aromatic heterocycles. The Morgan fingerprint density at radius 2 is 2.00 bits per heavy atom. The first-order valence-corrected chi connectivity index (χ1v) is 11.5. The molecule has 0 saturated heterocycles. The summed E-state index contributed by atoms with van der Waals surface area (Å²) in [6, 6.07) is 9.69. The van der Waals surface area contributed by atoms with Crippen molar-refractivity contribution in [3.05, 3.63) is 53.3 Å². The number of hydrogen-bond acceptors (Lipinski definition) is 6. The molecule has 0 atom stereocenters. The Labute approximate surface area is 207 Å². The van der Waals surface area contributed by atoms with E-state index in [1.54, 1.807) is 25.3 Å². The predicted molar refractivity (Wildman–Crippen MR) is 121 cm³/mol. The SMILES string of the molecule is COc1ccc(SNC(=O)c2ccc(-[n+]3ccc(OCC4(C(F)(F)F)CC4)[nH]3)nc2Cl)c(OC)c1. The molecule has 1 aliphatic rings. The van der Waals surface area contributed by atoms with E-state index in [2.05, 4.69) is 14.8 Å². The zero-order chi connectivity index (χ0) is 25.2. The number of H-pyrrole nitrogens is 1. The molecule has 0 unspecified atom stereocenters. The van der Waals surface area contributed by atoms with Crippen molar-refractivity contribution in [1.29, 1.82) is 0 Å². The van der Waals surface area contributed by atoms with Crippen LogP contribution in [0.25, 0.3) is 5.82 Å². The molecule has 1 aromatic carbocycles. The lowest BCUT2D eigenvalue weighted by Crippen LogP contribution is -2.34. The molecule has 1 fully saturated rings. The van der Waals surface area contributed by atoms with Crippen LogP contribution in [0.15, 0.2) is 47.5 Å². The molecule has 1 amide bonds. The Morgan fingerprint density at radius 3 is 2.63 bits per heavy atom. The number of rotatable bonds is 9. The van der Waals surface area contributed by atoms with Gasteiger partial charge in [0.2, 0.25) is 5.88 Å². The number of methoxy groups -OCH3 is 2. The lowest BCUT2D eigenvalue weighted by atomic mass is 10.1. The van der Waals surface area contributed by atoms with Crippen molar-refractivity contribution < 1.29 is 36.9 Å². The summed E-state index contributed by atoms with van der Waals surface area (Å²) in [5.41, 5.74) is -1.63. The maximum Gasteiger partial charge on any atom is 0.397 e. The van der Waals surface area contributed by atoms with Gasteiger partial charge < -0.3 is 14.2 Å². The number of nitrogens with one attached hydrogen (secondary N) is 2. The van der Waals surface area contributed by atoms with Crippen molar-refractivity contribution in [2.24, 2.45) is 5.41 Å². The summed E-state index contributed by atoms with van der Waals surface area (Å²) >= 11 is 7.28. The molecule has 3 aromatic rings. The van der Waals surface area contributed by atoms with E-state index in [1.807, 2.05) is 0 Å². The van der Waals surface area contributed by atoms with Crippen molar-refractivity contribution in [2.45, 2.75) is 23.9 Å². The fourth-order valence-electron chi connectivity index (χ4n) is 3.17. The first-order chi connectivity index (χ1) is 16.7. The van der Waals surface area contributed by atoms with Gasteiger partial charge in [-0.15, -0.1) is 4.68 Å². The van der Waals surface area contributed by atoms with Crippen LogP contribution in [0.4, 0.5) is 13.2 Å². The molecule has 2 N–H and O–H groups in total. The molecule has 0 spiro atoms. The highest BCUT2D eigenvalue weighted by molar-refractivity contribution is 7.98. The van der Waals surface area contributed by atoms with Crippen molar-refractivity contribution >= 4 is 29.5 Å². The fourth-order valence-corrected chi connectivity index (χ4v) is 4.10. The van der Waals surface area contributed by atoms with E-state index in [-0.39, 0.29) is 29.4 Å². The largest absolute Gasteiger partial charge is 0.497 e. The van der Waals surface area contributed by atoms with Crippen LogP contribution in [-0.2, 0) is 0 Å². The van der Waals surface area contributed by atoms with Crippen LogP contribution in [0.2, 0.25) is 5.15 Å². The number of halogens is 4. The molecule has 0 aliphatic heterocycles. The molecule has 35 heavy (non-hydrogen) atoms. The minimum atomic E-state index is -4.29. The molecular weight excluding hydrogens is 509 g/mol. The number of carbonyl (C=O) groups excluding carboxylic acids is 1. The summed E-state index contributed by atoms with van der Waals surface area (Å²) in [5, 5.41) is 2.75. The van der Waals surface area contributed by atoms with Gasteiger partial charge in [-0.2, -0.15) is 18.3 Å². The number of hydrogen-bond donors (Lipinski definition) is 2. The second-order valence-corrected chi connectivity index (χ2v) is 8.99. The standard InChI is InChI=1S/C22H20ClF3N4O4S/c1-32-13-3-5-16(15(11-13)33-2)35-29-20(31)14-4-6-17(27-19(14)23)30-10-7-18(28-30)34-12-21(8-9-21)22(24,25)26/h3-7,10-11H,8-9,12H2,1-2H3,(H,29,31)/p+1. The number of ether oxygens (including phenoxy) is 3. The highest BCUT2D eigenvalue weighted by Gasteiger charge is 2.64. The third-order valence-electron chi connectivity index (χ3n) is 5.51. The van der Waals surface area contributed by atoms with Gasteiger partial charge in [-0.25, -0.2) is 0 Å². The molecule has 1 aliphatic carbocycles. The molecule has 13 heteroatoms. The smallest absolute Gasteiger partial charge is 0.397 e. The van der Waals surface area contributed by atoms with E-state index in [4.69, 9.17) is 25.8 Å². The second-order valence-electron chi connectivity index (χ2n) is 7.79. The quantitative estimate of drug-likeness (QED) is 0.241. The van der Waals surface area contributed by atoms with Gasteiger partial charge in [-0.1, -0.05) is 0 Å². The summed E-state index contributed by atoms with van der Waals surface area (Å²) in [6.45, 7) is -0.457. The molecule has 4 rings (SSSR count). The lowest BCUT2D eigenvalue weighted by molar-refractivity contribution is -0.659. The zero-order valence-corrected chi connectivity index (χ0v) is 20.2. The number of carbonyl (C=O) groups is 1. The van der Waals surface area contributed by atoms with E-state index >= 15 is 0 Å². The van der Waals surface area contributed by atoms with Crippen LogP contribution in [0, 0.1) is 5.41 Å². The number of benzene rings is 1. The Hall–Kier alpha value is -3.12. The summed E-state index contributed by atoms with van der Waals surface area (Å²) in [7, 11) is 3.05. The van der Waals surface area contributed by atoms with Crippen molar-refractivity contribution in [2.75, 3.05) is 20.8 Å². The van der Waals surface area contributed by atoms with Crippen LogP contribution in [-0.4, -0.2) is 43.0 Å². The lowest BCUT2D eigenvalue weighted by Gasteiger charge is -2.18. The number of pyridine rings is 1. The van der Waals surface area contributed by atoms with Gasteiger partial charge in [-0.05, 0) is 59.6 Å². The maximum atomic E-state index is 13.1. The topological polar surface area (TPSA) is 89.3 Å². The molecule has 1 saturated carbocycles. The Balaban J connectivity index is 1.39. The van der Waals surface area contributed by atoms with Crippen molar-refractivity contribution in [1.82, 2.24) is 14.8 Å². The van der Waals surface area contributed by atoms with Crippen LogP contribution >= 0.6 is 23.5 Å². The fraction of sp³-hybridized carbons (Fsp3) is 0.318.